The van der Waals surface area contributed by atoms with Crippen LogP contribution in [0.15, 0.2) is 12.1 Å². The summed E-state index contributed by atoms with van der Waals surface area (Å²) >= 11 is 0. The topological polar surface area (TPSA) is 112 Å². The Balaban J connectivity index is 2.55. The molecule has 0 fully saturated rings. The van der Waals surface area contributed by atoms with E-state index in [0.29, 0.717) is 10.9 Å². The Labute approximate surface area is 150 Å². The minimum atomic E-state index is -2.29. The monoisotopic (exact) mass is 356 g/mol. The minimum absolute atomic E-state index is 0.0474. The standard InChI is InChI=1S/C20H20O6/c1-8-6-10-7-11-14(16(23)13(10)15(22)12(8)9(2)21)17(24)20(5,26)18(25)19(11,3)4/h6-7,22-23,26H,1-5H3/t20-/m0/s1. The molecule has 0 bridgehead atoms. The number of carbonyl (C=O) groups excluding carboxylic acids is 3. The van der Waals surface area contributed by atoms with Gasteiger partial charge in [-0.3, -0.25) is 14.4 Å². The quantitative estimate of drug-likeness (QED) is 0.535. The van der Waals surface area contributed by atoms with Crippen LogP contribution in [-0.2, 0) is 10.2 Å². The molecule has 3 rings (SSSR count). The molecule has 3 N–H and O–H groups in total. The molecular formula is C20H20O6. The largest absolute Gasteiger partial charge is 0.506 e. The Hall–Kier alpha value is -2.73. The zero-order valence-electron chi connectivity index (χ0n) is 15.2. The number of hydrogen-bond donors (Lipinski definition) is 3. The Kier molecular flexibility index (Phi) is 3.57. The normalized spacial score (nSPS) is 21.8. The summed E-state index contributed by atoms with van der Waals surface area (Å²) in [7, 11) is 0. The molecule has 0 saturated carbocycles. The van der Waals surface area contributed by atoms with Gasteiger partial charge >= 0.3 is 0 Å². The van der Waals surface area contributed by atoms with E-state index in [1.165, 1.54) is 6.92 Å². The van der Waals surface area contributed by atoms with Crippen molar-refractivity contribution >= 4 is 28.1 Å². The average molecular weight is 356 g/mol. The Morgan fingerprint density at radius 1 is 1.04 bits per heavy atom. The SMILES string of the molecule is CC(=O)c1c(C)cc2cc3c(c(O)c2c1O)C(=O)[C@](C)(O)C(=O)C3(C)C. The van der Waals surface area contributed by atoms with Gasteiger partial charge in [-0.15, -0.1) is 0 Å². The maximum atomic E-state index is 12.7. The molecule has 2 aromatic rings. The molecule has 6 heteroatoms. The number of aromatic hydroxyl groups is 2. The number of fused-ring (bicyclic) bond motifs is 2. The van der Waals surface area contributed by atoms with Crippen LogP contribution in [0.2, 0.25) is 0 Å². The lowest BCUT2D eigenvalue weighted by Gasteiger charge is -2.38. The first kappa shape index (κ1) is 18.1. The molecule has 6 nitrogen and oxygen atoms in total. The van der Waals surface area contributed by atoms with Crippen molar-refractivity contribution in [3.8, 4) is 11.5 Å². The smallest absolute Gasteiger partial charge is 0.205 e. The molecule has 1 atom stereocenters. The second-order valence-corrected chi connectivity index (χ2v) is 7.57. The van der Waals surface area contributed by atoms with E-state index in [4.69, 9.17) is 0 Å². The van der Waals surface area contributed by atoms with Crippen molar-refractivity contribution in [1.82, 2.24) is 0 Å². The highest BCUT2D eigenvalue weighted by Gasteiger charge is 2.54. The van der Waals surface area contributed by atoms with Gasteiger partial charge in [0.1, 0.15) is 11.5 Å². The minimum Gasteiger partial charge on any atom is -0.506 e. The first-order chi connectivity index (χ1) is 11.8. The zero-order valence-corrected chi connectivity index (χ0v) is 15.2. The number of phenolic OH excluding ortho intramolecular Hbond substituents is 2. The van der Waals surface area contributed by atoms with E-state index in [0.717, 1.165) is 6.92 Å². The zero-order chi connectivity index (χ0) is 19.8. The van der Waals surface area contributed by atoms with Gasteiger partial charge in [0, 0.05) is 0 Å². The molecule has 0 heterocycles. The summed E-state index contributed by atoms with van der Waals surface area (Å²) < 4.78 is 0. The molecule has 0 unspecified atom stereocenters. The third-order valence-corrected chi connectivity index (χ3v) is 5.28. The summed E-state index contributed by atoms with van der Waals surface area (Å²) in [6, 6.07) is 3.16. The highest BCUT2D eigenvalue weighted by Crippen LogP contribution is 2.48. The lowest BCUT2D eigenvalue weighted by atomic mass is 9.64. The number of benzene rings is 2. The van der Waals surface area contributed by atoms with Crippen molar-refractivity contribution in [2.24, 2.45) is 0 Å². The fourth-order valence-corrected chi connectivity index (χ4v) is 3.91. The Morgan fingerprint density at radius 2 is 1.62 bits per heavy atom. The number of ketones is 3. The molecule has 0 aromatic heterocycles. The molecule has 0 amide bonds. The van der Waals surface area contributed by atoms with Crippen LogP contribution in [0.1, 0.15) is 59.5 Å². The Bertz CT molecular complexity index is 1030. The molecule has 0 saturated heterocycles. The van der Waals surface area contributed by atoms with Crippen LogP contribution in [0.4, 0.5) is 0 Å². The molecule has 0 aliphatic heterocycles. The van der Waals surface area contributed by atoms with E-state index >= 15 is 0 Å². The van der Waals surface area contributed by atoms with Crippen LogP contribution in [0.25, 0.3) is 10.8 Å². The van der Waals surface area contributed by atoms with E-state index in [1.807, 2.05) is 0 Å². The third-order valence-electron chi connectivity index (χ3n) is 5.28. The molecule has 0 radical (unpaired) electrons. The summed E-state index contributed by atoms with van der Waals surface area (Å²) in [6.45, 7) is 7.18. The van der Waals surface area contributed by atoms with Crippen LogP contribution in [0, 0.1) is 6.92 Å². The number of phenols is 2. The summed E-state index contributed by atoms with van der Waals surface area (Å²) in [4.78, 5) is 37.2. The number of aliphatic hydroxyl groups is 1. The number of carbonyl (C=O) groups is 3. The van der Waals surface area contributed by atoms with Crippen molar-refractivity contribution in [3.63, 3.8) is 0 Å². The van der Waals surface area contributed by atoms with Crippen molar-refractivity contribution in [3.05, 3.63) is 34.4 Å². The van der Waals surface area contributed by atoms with Crippen LogP contribution in [0.5, 0.6) is 11.5 Å². The Morgan fingerprint density at radius 3 is 2.15 bits per heavy atom. The van der Waals surface area contributed by atoms with Crippen molar-refractivity contribution in [2.45, 2.75) is 45.6 Å². The van der Waals surface area contributed by atoms with Gasteiger partial charge in [0.25, 0.3) is 0 Å². The molecule has 136 valence electrons. The maximum Gasteiger partial charge on any atom is 0.205 e. The predicted octanol–water partition coefficient (Wildman–Crippen LogP) is 2.56. The second kappa shape index (κ2) is 5.14. The van der Waals surface area contributed by atoms with Gasteiger partial charge in [0.2, 0.25) is 5.78 Å². The number of aryl methyl sites for hydroxylation is 1. The summed E-state index contributed by atoms with van der Waals surface area (Å²) in [5, 5.41) is 32.1. The molecule has 1 aliphatic carbocycles. The van der Waals surface area contributed by atoms with Gasteiger partial charge in [-0.25, -0.2) is 0 Å². The van der Waals surface area contributed by atoms with Crippen molar-refractivity contribution in [2.75, 3.05) is 0 Å². The number of rotatable bonds is 1. The molecule has 2 aromatic carbocycles. The first-order valence-corrected chi connectivity index (χ1v) is 8.19. The number of hydrogen-bond acceptors (Lipinski definition) is 6. The fourth-order valence-electron chi connectivity index (χ4n) is 3.91. The molecule has 1 aliphatic rings. The highest BCUT2D eigenvalue weighted by molar-refractivity contribution is 6.26. The molecule has 26 heavy (non-hydrogen) atoms. The summed E-state index contributed by atoms with van der Waals surface area (Å²) in [5.74, 6) is -2.94. The van der Waals surface area contributed by atoms with E-state index in [2.05, 4.69) is 0 Å². The second-order valence-electron chi connectivity index (χ2n) is 7.57. The molecule has 0 spiro atoms. The van der Waals surface area contributed by atoms with Crippen molar-refractivity contribution in [1.29, 1.82) is 0 Å². The lowest BCUT2D eigenvalue weighted by Crippen LogP contribution is -2.56. The summed E-state index contributed by atoms with van der Waals surface area (Å²) in [6.07, 6.45) is 0. The highest BCUT2D eigenvalue weighted by atomic mass is 16.3. The van der Waals surface area contributed by atoms with E-state index < -0.39 is 34.1 Å². The summed E-state index contributed by atoms with van der Waals surface area (Å²) in [5.41, 5.74) is -2.87. The predicted molar refractivity (Wildman–Crippen MR) is 95.0 cm³/mol. The number of Topliss-reactive ketones (excluding diaryl/α,β-unsaturated/α-hetero) is 3. The third kappa shape index (κ3) is 2.05. The van der Waals surface area contributed by atoms with Gasteiger partial charge in [-0.2, -0.15) is 0 Å². The van der Waals surface area contributed by atoms with Crippen LogP contribution < -0.4 is 0 Å². The van der Waals surface area contributed by atoms with Crippen LogP contribution in [-0.4, -0.2) is 38.3 Å². The van der Waals surface area contributed by atoms with Gasteiger partial charge in [-0.1, -0.05) is 6.07 Å². The van der Waals surface area contributed by atoms with E-state index in [1.54, 1.807) is 32.9 Å². The van der Waals surface area contributed by atoms with E-state index in [-0.39, 0.29) is 27.9 Å². The van der Waals surface area contributed by atoms with Crippen LogP contribution in [0.3, 0.4) is 0 Å². The maximum absolute atomic E-state index is 12.7. The van der Waals surface area contributed by atoms with Gasteiger partial charge in [0.05, 0.1) is 21.9 Å². The van der Waals surface area contributed by atoms with Gasteiger partial charge in [-0.05, 0) is 57.2 Å². The van der Waals surface area contributed by atoms with E-state index in [9.17, 15) is 29.7 Å². The van der Waals surface area contributed by atoms with Crippen molar-refractivity contribution < 1.29 is 29.7 Å². The lowest BCUT2D eigenvalue weighted by molar-refractivity contribution is -0.137. The molecular weight excluding hydrogens is 336 g/mol. The fraction of sp³-hybridized carbons (Fsp3) is 0.350. The average Bonchev–Trinajstić information content (AvgIpc) is 2.51. The first-order valence-electron chi connectivity index (χ1n) is 8.19. The van der Waals surface area contributed by atoms with Crippen LogP contribution >= 0.6 is 0 Å². The van der Waals surface area contributed by atoms with Gasteiger partial charge in [0.15, 0.2) is 17.2 Å². The van der Waals surface area contributed by atoms with Gasteiger partial charge < -0.3 is 15.3 Å².